The summed E-state index contributed by atoms with van der Waals surface area (Å²) in [6.45, 7) is 1.91. The average molecular weight is 580 g/mol. The highest BCUT2D eigenvalue weighted by atomic mass is 79.9. The van der Waals surface area contributed by atoms with E-state index in [-0.39, 0.29) is 17.7 Å². The van der Waals surface area contributed by atoms with Crippen molar-refractivity contribution in [3.05, 3.63) is 143 Å². The van der Waals surface area contributed by atoms with E-state index in [9.17, 15) is 9.59 Å². The van der Waals surface area contributed by atoms with Crippen LogP contribution in [0.2, 0.25) is 0 Å². The summed E-state index contributed by atoms with van der Waals surface area (Å²) in [5, 5.41) is 3.10. The monoisotopic (exact) mass is 579 g/mol. The highest BCUT2D eigenvalue weighted by molar-refractivity contribution is 9.10. The Kier molecular flexibility index (Phi) is 7.99. The number of halogens is 1. The van der Waals surface area contributed by atoms with Gasteiger partial charge in [-0.05, 0) is 60.0 Å². The molecule has 5 aromatic rings. The molecule has 2 aromatic heterocycles. The number of aromatic nitrogens is 1. The number of rotatable bonds is 8. The second kappa shape index (κ2) is 11.9. The molecule has 0 bridgehead atoms. The number of pyridine rings is 1. The number of nitrogens with zero attached hydrogens (tertiary/aromatic N) is 2. The number of anilines is 1. The van der Waals surface area contributed by atoms with Crippen LogP contribution in [0.4, 0.5) is 5.69 Å². The molecule has 39 heavy (non-hydrogen) atoms. The van der Waals surface area contributed by atoms with E-state index in [2.05, 4.69) is 26.2 Å². The van der Waals surface area contributed by atoms with Gasteiger partial charge in [-0.15, -0.1) is 0 Å². The van der Waals surface area contributed by atoms with Crippen molar-refractivity contribution in [3.63, 3.8) is 0 Å². The lowest BCUT2D eigenvalue weighted by molar-refractivity contribution is -0.123. The lowest BCUT2D eigenvalue weighted by atomic mass is 10.0. The van der Waals surface area contributed by atoms with Crippen molar-refractivity contribution in [2.24, 2.45) is 0 Å². The molecule has 6 nitrogen and oxygen atoms in total. The molecule has 1 N–H and O–H groups in total. The van der Waals surface area contributed by atoms with Crippen LogP contribution in [0.3, 0.4) is 0 Å². The molecule has 0 spiro atoms. The minimum Gasteiger partial charge on any atom is -0.459 e. The van der Waals surface area contributed by atoms with Gasteiger partial charge < -0.3 is 9.73 Å². The summed E-state index contributed by atoms with van der Waals surface area (Å²) >= 11 is 3.57. The van der Waals surface area contributed by atoms with E-state index < -0.39 is 11.9 Å². The number of hydrogen-bond donors (Lipinski definition) is 1. The maximum Gasteiger partial charge on any atom is 0.294 e. The molecular formula is C32H26BrN3O3. The molecular weight excluding hydrogens is 554 g/mol. The fraction of sp³-hybridized carbons (Fsp3) is 0.0938. The summed E-state index contributed by atoms with van der Waals surface area (Å²) in [5.41, 5.74) is 4.09. The minimum absolute atomic E-state index is 0.127. The van der Waals surface area contributed by atoms with Crippen molar-refractivity contribution in [2.75, 3.05) is 4.90 Å². The van der Waals surface area contributed by atoms with Crippen molar-refractivity contribution in [1.82, 2.24) is 10.3 Å². The van der Waals surface area contributed by atoms with Gasteiger partial charge in [-0.1, -0.05) is 82.7 Å². The standard InChI is InChI=1S/C32H26BrN3O3/c1-22(27-12-5-6-13-28(27)33)35-31(37)30(25-11-7-19-34-21-25)36(32(38)29-14-8-20-39-29)26-17-15-24(16-18-26)23-9-3-2-4-10-23/h2-22,30H,1H3,(H,35,37)/t22-,30?/m0/s1. The Labute approximate surface area is 235 Å². The molecule has 2 atom stereocenters. The van der Waals surface area contributed by atoms with Gasteiger partial charge in [0.25, 0.3) is 5.91 Å². The minimum atomic E-state index is -1.01. The predicted molar refractivity (Wildman–Crippen MR) is 155 cm³/mol. The summed E-state index contributed by atoms with van der Waals surface area (Å²) < 4.78 is 6.36. The largest absolute Gasteiger partial charge is 0.459 e. The number of nitrogens with one attached hydrogen (secondary N) is 1. The molecule has 0 saturated heterocycles. The first kappa shape index (κ1) is 26.1. The Morgan fingerprint density at radius 2 is 1.56 bits per heavy atom. The Morgan fingerprint density at radius 3 is 2.23 bits per heavy atom. The van der Waals surface area contributed by atoms with Crippen molar-refractivity contribution >= 4 is 33.4 Å². The van der Waals surface area contributed by atoms with Crippen LogP contribution in [-0.2, 0) is 4.79 Å². The highest BCUT2D eigenvalue weighted by Gasteiger charge is 2.35. The predicted octanol–water partition coefficient (Wildman–Crippen LogP) is 7.37. The fourth-order valence-electron chi connectivity index (χ4n) is 4.50. The second-order valence-corrected chi connectivity index (χ2v) is 9.86. The first-order chi connectivity index (χ1) is 19.0. The van der Waals surface area contributed by atoms with Crippen LogP contribution in [0.1, 0.15) is 40.7 Å². The van der Waals surface area contributed by atoms with Crippen LogP contribution in [0.15, 0.2) is 131 Å². The van der Waals surface area contributed by atoms with E-state index in [1.165, 1.54) is 11.2 Å². The summed E-state index contributed by atoms with van der Waals surface area (Å²) in [7, 11) is 0. The summed E-state index contributed by atoms with van der Waals surface area (Å²) in [6.07, 6.45) is 4.68. The molecule has 1 unspecified atom stereocenters. The van der Waals surface area contributed by atoms with E-state index in [4.69, 9.17) is 4.42 Å². The molecule has 0 aliphatic carbocycles. The quantitative estimate of drug-likeness (QED) is 0.208. The topological polar surface area (TPSA) is 75.4 Å². The summed E-state index contributed by atoms with van der Waals surface area (Å²) in [5.74, 6) is -0.661. The summed E-state index contributed by atoms with van der Waals surface area (Å²) in [6, 6.07) is 30.7. The SMILES string of the molecule is C[C@H](NC(=O)C(c1cccnc1)N(C(=O)c1ccco1)c1ccc(-c2ccccc2)cc1)c1ccccc1Br. The number of furan rings is 1. The van der Waals surface area contributed by atoms with Crippen LogP contribution >= 0.6 is 15.9 Å². The third-order valence-electron chi connectivity index (χ3n) is 6.44. The maximum atomic E-state index is 14.0. The van der Waals surface area contributed by atoms with Crippen molar-refractivity contribution in [2.45, 2.75) is 19.0 Å². The molecule has 2 heterocycles. The highest BCUT2D eigenvalue weighted by Crippen LogP contribution is 2.32. The molecule has 7 heteroatoms. The summed E-state index contributed by atoms with van der Waals surface area (Å²) in [4.78, 5) is 33.7. The molecule has 0 saturated carbocycles. The van der Waals surface area contributed by atoms with E-state index >= 15 is 0 Å². The first-order valence-electron chi connectivity index (χ1n) is 12.5. The number of benzene rings is 3. The Balaban J connectivity index is 1.57. The molecule has 194 valence electrons. The maximum absolute atomic E-state index is 14.0. The molecule has 5 rings (SSSR count). The fourth-order valence-corrected chi connectivity index (χ4v) is 5.13. The van der Waals surface area contributed by atoms with Gasteiger partial charge in [0.15, 0.2) is 5.76 Å². The van der Waals surface area contributed by atoms with Gasteiger partial charge in [-0.25, -0.2) is 0 Å². The number of hydrogen-bond acceptors (Lipinski definition) is 4. The zero-order valence-corrected chi connectivity index (χ0v) is 22.8. The molecule has 0 fully saturated rings. The van der Waals surface area contributed by atoms with Gasteiger partial charge in [0.05, 0.1) is 12.3 Å². The molecule has 2 amide bonds. The normalized spacial score (nSPS) is 12.4. The van der Waals surface area contributed by atoms with Crippen molar-refractivity contribution < 1.29 is 14.0 Å². The van der Waals surface area contributed by atoms with E-state index in [0.717, 1.165) is 21.2 Å². The van der Waals surface area contributed by atoms with Crippen LogP contribution in [-0.4, -0.2) is 16.8 Å². The zero-order valence-electron chi connectivity index (χ0n) is 21.2. The van der Waals surface area contributed by atoms with Gasteiger partial charge in [0.1, 0.15) is 6.04 Å². The number of carbonyl (C=O) groups is 2. The van der Waals surface area contributed by atoms with Crippen LogP contribution in [0.25, 0.3) is 11.1 Å². The van der Waals surface area contributed by atoms with E-state index in [1.807, 2.05) is 85.8 Å². The molecule has 3 aromatic carbocycles. The molecule has 0 radical (unpaired) electrons. The van der Waals surface area contributed by atoms with Gasteiger partial charge in [-0.3, -0.25) is 19.5 Å². The third-order valence-corrected chi connectivity index (χ3v) is 7.16. The third kappa shape index (κ3) is 5.84. The van der Waals surface area contributed by atoms with Crippen LogP contribution < -0.4 is 10.2 Å². The van der Waals surface area contributed by atoms with Crippen molar-refractivity contribution in [1.29, 1.82) is 0 Å². The van der Waals surface area contributed by atoms with Crippen LogP contribution in [0, 0.1) is 0 Å². The lowest BCUT2D eigenvalue weighted by Gasteiger charge is -2.32. The lowest BCUT2D eigenvalue weighted by Crippen LogP contribution is -2.44. The second-order valence-electron chi connectivity index (χ2n) is 9.01. The van der Waals surface area contributed by atoms with Gasteiger partial charge in [-0.2, -0.15) is 0 Å². The van der Waals surface area contributed by atoms with Crippen LogP contribution in [0.5, 0.6) is 0 Å². The van der Waals surface area contributed by atoms with E-state index in [1.54, 1.807) is 36.7 Å². The zero-order chi connectivity index (χ0) is 27.2. The Hall–Kier alpha value is -4.49. The van der Waals surface area contributed by atoms with Gasteiger partial charge in [0, 0.05) is 28.1 Å². The smallest absolute Gasteiger partial charge is 0.294 e. The molecule has 0 aliphatic rings. The Morgan fingerprint density at radius 1 is 0.846 bits per heavy atom. The van der Waals surface area contributed by atoms with Gasteiger partial charge in [0.2, 0.25) is 5.91 Å². The van der Waals surface area contributed by atoms with E-state index in [0.29, 0.717) is 11.3 Å². The average Bonchev–Trinajstić information content (AvgIpc) is 3.52. The number of amides is 2. The number of carbonyl (C=O) groups excluding carboxylic acids is 2. The van der Waals surface area contributed by atoms with Crippen molar-refractivity contribution in [3.8, 4) is 11.1 Å². The molecule has 0 aliphatic heterocycles. The Bertz CT molecular complexity index is 1540. The van der Waals surface area contributed by atoms with Gasteiger partial charge >= 0.3 is 0 Å². The first-order valence-corrected chi connectivity index (χ1v) is 13.3.